The summed E-state index contributed by atoms with van der Waals surface area (Å²) in [5, 5.41) is 0.465. The van der Waals surface area contributed by atoms with E-state index in [1.807, 2.05) is 4.89 Å². The van der Waals surface area contributed by atoms with E-state index in [9.17, 15) is 8.42 Å². The van der Waals surface area contributed by atoms with Gasteiger partial charge in [0, 0.05) is 0 Å². The highest BCUT2D eigenvalue weighted by molar-refractivity contribution is 7.89. The first kappa shape index (κ1) is 14.7. The van der Waals surface area contributed by atoms with Gasteiger partial charge in [0.15, 0.2) is 0 Å². The van der Waals surface area contributed by atoms with Crippen LogP contribution < -0.4 is 4.89 Å². The second-order valence-electron chi connectivity index (χ2n) is 4.38. The summed E-state index contributed by atoms with van der Waals surface area (Å²) in [4.78, 5) is 7.03. The van der Waals surface area contributed by atoms with Crippen LogP contribution in [-0.4, -0.2) is 14.0 Å². The van der Waals surface area contributed by atoms with Crippen molar-refractivity contribution < 1.29 is 13.3 Å². The Balaban J connectivity index is 2.94. The Morgan fingerprint density at radius 3 is 2.24 bits per heavy atom. The minimum Gasteiger partial charge on any atom is -0.281 e. The molecule has 1 aromatic carbocycles. The van der Waals surface area contributed by atoms with Gasteiger partial charge in [-0.2, -0.15) is 0 Å². The van der Waals surface area contributed by atoms with E-state index >= 15 is 0 Å². The average molecular weight is 298 g/mol. The van der Waals surface area contributed by atoms with Crippen molar-refractivity contribution in [2.45, 2.75) is 31.3 Å². The van der Waals surface area contributed by atoms with Crippen molar-refractivity contribution in [3.8, 4) is 0 Å². The fourth-order valence-corrected chi connectivity index (χ4v) is 2.21. The van der Waals surface area contributed by atoms with Crippen molar-refractivity contribution in [2.24, 2.45) is 0 Å². The zero-order valence-electron chi connectivity index (χ0n) is 9.62. The van der Waals surface area contributed by atoms with E-state index in [2.05, 4.69) is 0 Å². The lowest BCUT2D eigenvalue weighted by Gasteiger charge is -2.19. The molecule has 0 bridgehead atoms. The zero-order chi connectivity index (χ0) is 13.3. The van der Waals surface area contributed by atoms with Crippen LogP contribution in [0.25, 0.3) is 0 Å². The monoisotopic (exact) mass is 297 g/mol. The van der Waals surface area contributed by atoms with E-state index in [-0.39, 0.29) is 9.92 Å². The molecule has 0 spiro atoms. The molecule has 0 fully saturated rings. The molecule has 7 heteroatoms. The summed E-state index contributed by atoms with van der Waals surface area (Å²) in [5.74, 6) is 0. The third-order valence-electron chi connectivity index (χ3n) is 1.66. The molecule has 4 nitrogen and oxygen atoms in total. The largest absolute Gasteiger partial charge is 0.281 e. The number of benzene rings is 1. The van der Waals surface area contributed by atoms with Crippen LogP contribution in [0.2, 0.25) is 10.0 Å². The maximum Gasteiger partial charge on any atom is 0.262 e. The second-order valence-corrected chi connectivity index (χ2v) is 6.84. The Hall–Kier alpha value is -0.330. The van der Waals surface area contributed by atoms with E-state index in [0.717, 1.165) is 0 Å². The molecule has 0 atom stereocenters. The van der Waals surface area contributed by atoms with Crippen molar-refractivity contribution in [1.29, 1.82) is 0 Å². The molecular formula is C10H13Cl2NO3S. The van der Waals surface area contributed by atoms with Crippen molar-refractivity contribution in [2.75, 3.05) is 0 Å². The van der Waals surface area contributed by atoms with Gasteiger partial charge in [-0.3, -0.25) is 4.84 Å². The Morgan fingerprint density at radius 2 is 1.76 bits per heavy atom. The Labute approximate surface area is 111 Å². The van der Waals surface area contributed by atoms with Crippen LogP contribution in [0.15, 0.2) is 23.1 Å². The molecule has 96 valence electrons. The summed E-state index contributed by atoms with van der Waals surface area (Å²) >= 11 is 11.4. The summed E-state index contributed by atoms with van der Waals surface area (Å²) in [6.45, 7) is 5.18. The predicted octanol–water partition coefficient (Wildman–Crippen LogP) is 3.00. The number of sulfonamides is 1. The minimum atomic E-state index is -3.75. The van der Waals surface area contributed by atoms with E-state index in [0.29, 0.717) is 5.02 Å². The first-order chi connectivity index (χ1) is 7.62. The molecule has 0 saturated carbocycles. The highest BCUT2D eigenvalue weighted by atomic mass is 35.5. The molecule has 0 heterocycles. The SMILES string of the molecule is CC(C)(C)ONS(=O)(=O)c1ccc(Cl)c(Cl)c1. The van der Waals surface area contributed by atoms with Crippen LogP contribution >= 0.6 is 23.2 Å². The number of halogens is 2. The maximum atomic E-state index is 11.8. The lowest BCUT2D eigenvalue weighted by molar-refractivity contribution is -0.0357. The van der Waals surface area contributed by atoms with E-state index in [1.165, 1.54) is 18.2 Å². The summed E-state index contributed by atoms with van der Waals surface area (Å²) in [5.41, 5.74) is -0.622. The Bertz CT molecular complexity index is 509. The molecule has 0 aliphatic carbocycles. The van der Waals surface area contributed by atoms with Gasteiger partial charge in [-0.05, 0) is 39.0 Å². The lowest BCUT2D eigenvalue weighted by atomic mass is 10.2. The smallest absolute Gasteiger partial charge is 0.262 e. The minimum absolute atomic E-state index is 0.00356. The highest BCUT2D eigenvalue weighted by Gasteiger charge is 2.19. The molecule has 1 N–H and O–H groups in total. The highest BCUT2D eigenvalue weighted by Crippen LogP contribution is 2.24. The normalized spacial score (nSPS) is 12.8. The summed E-state index contributed by atoms with van der Waals surface area (Å²) in [6.07, 6.45) is 0. The van der Waals surface area contributed by atoms with Gasteiger partial charge >= 0.3 is 0 Å². The van der Waals surface area contributed by atoms with Crippen molar-refractivity contribution in [3.05, 3.63) is 28.2 Å². The first-order valence-electron chi connectivity index (χ1n) is 4.77. The molecule has 0 aliphatic rings. The Kier molecular flexibility index (Phi) is 4.43. The molecule has 0 amide bonds. The topological polar surface area (TPSA) is 55.4 Å². The molecule has 1 aromatic rings. The second kappa shape index (κ2) is 5.12. The molecule has 0 radical (unpaired) electrons. The number of rotatable bonds is 3. The zero-order valence-corrected chi connectivity index (χ0v) is 11.9. The number of nitrogens with one attached hydrogen (secondary N) is 1. The van der Waals surface area contributed by atoms with Crippen molar-refractivity contribution >= 4 is 33.2 Å². The van der Waals surface area contributed by atoms with Crippen LogP contribution in [0.5, 0.6) is 0 Å². The van der Waals surface area contributed by atoms with Crippen LogP contribution in [0.4, 0.5) is 0 Å². The third-order valence-corrected chi connectivity index (χ3v) is 3.58. The van der Waals surface area contributed by atoms with Crippen molar-refractivity contribution in [1.82, 2.24) is 4.89 Å². The maximum absolute atomic E-state index is 11.8. The van der Waals surface area contributed by atoms with Crippen LogP contribution in [-0.2, 0) is 14.9 Å². The summed E-state index contributed by atoms with van der Waals surface area (Å²) in [7, 11) is -3.75. The summed E-state index contributed by atoms with van der Waals surface area (Å²) in [6, 6.07) is 4.02. The third kappa shape index (κ3) is 4.44. The van der Waals surface area contributed by atoms with Gasteiger partial charge in [0.1, 0.15) is 0 Å². The molecule has 0 aromatic heterocycles. The molecule has 0 saturated heterocycles. The quantitative estimate of drug-likeness (QED) is 0.873. The van der Waals surface area contributed by atoms with Crippen molar-refractivity contribution in [3.63, 3.8) is 0 Å². The number of hydrogen-bond acceptors (Lipinski definition) is 3. The van der Waals surface area contributed by atoms with E-state index in [4.69, 9.17) is 28.0 Å². The van der Waals surface area contributed by atoms with Gasteiger partial charge in [-0.15, -0.1) is 0 Å². The van der Waals surface area contributed by atoms with Crippen LogP contribution in [0.3, 0.4) is 0 Å². The standard InChI is InChI=1S/C10H13Cl2NO3S/c1-10(2,3)16-13-17(14,15)7-4-5-8(11)9(12)6-7/h4-6,13H,1-3H3. The molecule has 0 aliphatic heterocycles. The van der Waals surface area contributed by atoms with Gasteiger partial charge in [0.2, 0.25) is 0 Å². The van der Waals surface area contributed by atoms with Gasteiger partial charge < -0.3 is 0 Å². The number of hydrogen-bond donors (Lipinski definition) is 1. The molecule has 17 heavy (non-hydrogen) atoms. The van der Waals surface area contributed by atoms with E-state index in [1.54, 1.807) is 20.8 Å². The fourth-order valence-electron chi connectivity index (χ4n) is 0.872. The lowest BCUT2D eigenvalue weighted by Crippen LogP contribution is -2.33. The molecular weight excluding hydrogens is 285 g/mol. The van der Waals surface area contributed by atoms with Crippen LogP contribution in [0.1, 0.15) is 20.8 Å². The Morgan fingerprint density at radius 1 is 1.18 bits per heavy atom. The van der Waals surface area contributed by atoms with Gasteiger partial charge in [0.25, 0.3) is 10.0 Å². The predicted molar refractivity (Wildman–Crippen MR) is 67.6 cm³/mol. The van der Waals surface area contributed by atoms with E-state index < -0.39 is 15.6 Å². The fraction of sp³-hybridized carbons (Fsp3) is 0.400. The first-order valence-corrected chi connectivity index (χ1v) is 7.00. The van der Waals surface area contributed by atoms with Gasteiger partial charge in [-0.1, -0.05) is 28.1 Å². The average Bonchev–Trinajstić information content (AvgIpc) is 2.18. The van der Waals surface area contributed by atoms with Crippen LogP contribution in [0, 0.1) is 0 Å². The molecule has 0 unspecified atom stereocenters. The molecule has 1 rings (SSSR count). The van der Waals surface area contributed by atoms with Gasteiger partial charge in [-0.25, -0.2) is 8.42 Å². The summed E-state index contributed by atoms with van der Waals surface area (Å²) < 4.78 is 23.6. The van der Waals surface area contributed by atoms with Gasteiger partial charge in [0.05, 0.1) is 20.5 Å².